The number of hydrogen-bond acceptors (Lipinski definition) is 4. The summed E-state index contributed by atoms with van der Waals surface area (Å²) >= 11 is 4.00. The largest absolute Gasteiger partial charge is 0.466 e. The van der Waals surface area contributed by atoms with Gasteiger partial charge in [0.1, 0.15) is 12.4 Å². The zero-order valence-corrected chi connectivity index (χ0v) is 8.29. The van der Waals surface area contributed by atoms with Crippen LogP contribution in [0.1, 0.15) is 12.7 Å². The molecular formula is C9H12O3S. The highest BCUT2D eigenvalue weighted by Crippen LogP contribution is 2.06. The summed E-state index contributed by atoms with van der Waals surface area (Å²) in [6.07, 6.45) is 1.55. The molecule has 3 nitrogen and oxygen atoms in total. The maximum Gasteiger partial charge on any atom is 0.309 e. The van der Waals surface area contributed by atoms with Crippen molar-refractivity contribution in [2.24, 2.45) is 5.92 Å². The highest BCUT2D eigenvalue weighted by molar-refractivity contribution is 7.80. The van der Waals surface area contributed by atoms with Crippen LogP contribution in [-0.4, -0.2) is 11.7 Å². The standard InChI is InChI=1S/C9H12O3S/c1-7(6-13)9(10)12-5-8-3-2-4-11-8/h2-4,7,13H,5-6H2,1H3. The van der Waals surface area contributed by atoms with Crippen LogP contribution in [0.15, 0.2) is 22.8 Å². The van der Waals surface area contributed by atoms with Crippen molar-refractivity contribution in [2.75, 3.05) is 5.75 Å². The third-order valence-corrected chi connectivity index (χ3v) is 2.16. The van der Waals surface area contributed by atoms with Crippen LogP contribution in [0.2, 0.25) is 0 Å². The molecule has 0 aliphatic carbocycles. The summed E-state index contributed by atoms with van der Waals surface area (Å²) in [7, 11) is 0. The van der Waals surface area contributed by atoms with Crippen LogP contribution >= 0.6 is 12.6 Å². The fraction of sp³-hybridized carbons (Fsp3) is 0.444. The molecule has 0 spiro atoms. The smallest absolute Gasteiger partial charge is 0.309 e. The number of carbonyl (C=O) groups excluding carboxylic acids is 1. The van der Waals surface area contributed by atoms with E-state index in [9.17, 15) is 4.79 Å². The van der Waals surface area contributed by atoms with E-state index >= 15 is 0 Å². The molecule has 0 aromatic carbocycles. The van der Waals surface area contributed by atoms with Crippen LogP contribution in [0.25, 0.3) is 0 Å². The maximum atomic E-state index is 11.2. The summed E-state index contributed by atoms with van der Waals surface area (Å²) in [5.74, 6) is 0.737. The molecule has 0 fully saturated rings. The zero-order chi connectivity index (χ0) is 9.68. The summed E-state index contributed by atoms with van der Waals surface area (Å²) in [6, 6.07) is 3.52. The number of thiol groups is 1. The zero-order valence-electron chi connectivity index (χ0n) is 7.40. The normalized spacial score (nSPS) is 12.5. The van der Waals surface area contributed by atoms with Crippen molar-refractivity contribution in [2.45, 2.75) is 13.5 Å². The van der Waals surface area contributed by atoms with Gasteiger partial charge in [0.15, 0.2) is 0 Å². The van der Waals surface area contributed by atoms with E-state index in [1.807, 2.05) is 0 Å². The van der Waals surface area contributed by atoms with Crippen molar-refractivity contribution in [3.63, 3.8) is 0 Å². The van der Waals surface area contributed by atoms with Crippen molar-refractivity contribution < 1.29 is 13.9 Å². The summed E-state index contributed by atoms with van der Waals surface area (Å²) in [6.45, 7) is 1.97. The van der Waals surface area contributed by atoms with Crippen molar-refractivity contribution in [1.82, 2.24) is 0 Å². The first-order valence-electron chi connectivity index (χ1n) is 4.04. The second kappa shape index (κ2) is 4.97. The lowest BCUT2D eigenvalue weighted by molar-refractivity contribution is -0.149. The van der Waals surface area contributed by atoms with Gasteiger partial charge in [-0.05, 0) is 12.1 Å². The van der Waals surface area contributed by atoms with Crippen LogP contribution in [0, 0.1) is 5.92 Å². The Bertz CT molecular complexity index is 256. The molecule has 4 heteroatoms. The minimum atomic E-state index is -0.244. The van der Waals surface area contributed by atoms with E-state index in [0.29, 0.717) is 11.5 Å². The van der Waals surface area contributed by atoms with Gasteiger partial charge in [-0.1, -0.05) is 6.92 Å². The average molecular weight is 200 g/mol. The first kappa shape index (κ1) is 10.2. The average Bonchev–Trinajstić information content (AvgIpc) is 2.65. The van der Waals surface area contributed by atoms with Gasteiger partial charge in [-0.2, -0.15) is 12.6 Å². The second-order valence-corrected chi connectivity index (χ2v) is 3.14. The molecule has 1 unspecified atom stereocenters. The Balaban J connectivity index is 2.31. The van der Waals surface area contributed by atoms with Gasteiger partial charge in [0, 0.05) is 5.75 Å². The first-order valence-corrected chi connectivity index (χ1v) is 4.67. The Morgan fingerprint density at radius 1 is 1.77 bits per heavy atom. The van der Waals surface area contributed by atoms with Crippen LogP contribution in [0.4, 0.5) is 0 Å². The van der Waals surface area contributed by atoms with Crippen LogP contribution in [0.3, 0.4) is 0 Å². The Kier molecular flexibility index (Phi) is 3.89. The Hall–Kier alpha value is -0.900. The van der Waals surface area contributed by atoms with E-state index < -0.39 is 0 Å². The first-order chi connectivity index (χ1) is 6.24. The molecule has 0 radical (unpaired) electrons. The lowest BCUT2D eigenvalue weighted by atomic mass is 10.2. The number of hydrogen-bond donors (Lipinski definition) is 1. The Labute approximate surface area is 82.5 Å². The third kappa shape index (κ3) is 3.14. The molecule has 0 aliphatic heterocycles. The second-order valence-electron chi connectivity index (χ2n) is 2.77. The fourth-order valence-electron chi connectivity index (χ4n) is 0.754. The highest BCUT2D eigenvalue weighted by Gasteiger charge is 2.12. The lowest BCUT2D eigenvalue weighted by Gasteiger charge is -2.06. The van der Waals surface area contributed by atoms with E-state index in [-0.39, 0.29) is 18.5 Å². The van der Waals surface area contributed by atoms with Crippen LogP contribution in [0.5, 0.6) is 0 Å². The summed E-state index contributed by atoms with van der Waals surface area (Å²) in [4.78, 5) is 11.2. The molecule has 0 saturated heterocycles. The van der Waals surface area contributed by atoms with E-state index in [1.54, 1.807) is 25.3 Å². The number of furan rings is 1. The number of ether oxygens (including phenoxy) is 1. The molecule has 1 rings (SSSR count). The summed E-state index contributed by atoms with van der Waals surface area (Å²) in [5, 5.41) is 0. The van der Waals surface area contributed by atoms with Crippen molar-refractivity contribution in [1.29, 1.82) is 0 Å². The highest BCUT2D eigenvalue weighted by atomic mass is 32.1. The Morgan fingerprint density at radius 2 is 2.54 bits per heavy atom. The third-order valence-electron chi connectivity index (χ3n) is 1.61. The van der Waals surface area contributed by atoms with Crippen molar-refractivity contribution in [3.05, 3.63) is 24.2 Å². The monoisotopic (exact) mass is 200 g/mol. The molecule has 1 heterocycles. The van der Waals surface area contributed by atoms with Crippen molar-refractivity contribution >= 4 is 18.6 Å². The van der Waals surface area contributed by atoms with E-state index in [4.69, 9.17) is 9.15 Å². The fourth-order valence-corrected chi connectivity index (χ4v) is 0.903. The number of rotatable bonds is 4. The molecule has 1 aromatic heterocycles. The van der Waals surface area contributed by atoms with E-state index in [2.05, 4.69) is 12.6 Å². The molecule has 1 atom stereocenters. The van der Waals surface area contributed by atoms with Crippen LogP contribution in [-0.2, 0) is 16.1 Å². The predicted octanol–water partition coefficient (Wildman–Crippen LogP) is 1.89. The van der Waals surface area contributed by atoms with Gasteiger partial charge in [-0.25, -0.2) is 0 Å². The minimum Gasteiger partial charge on any atom is -0.466 e. The number of esters is 1. The molecule has 0 saturated carbocycles. The molecular weight excluding hydrogens is 188 g/mol. The van der Waals surface area contributed by atoms with E-state index in [0.717, 1.165) is 0 Å². The molecule has 0 amide bonds. The van der Waals surface area contributed by atoms with Gasteiger partial charge in [0.05, 0.1) is 12.2 Å². The van der Waals surface area contributed by atoms with Crippen molar-refractivity contribution in [3.8, 4) is 0 Å². The SMILES string of the molecule is CC(CS)C(=O)OCc1ccco1. The quantitative estimate of drug-likeness (QED) is 0.596. The molecule has 0 bridgehead atoms. The lowest BCUT2D eigenvalue weighted by Crippen LogP contribution is -2.15. The van der Waals surface area contributed by atoms with Crippen LogP contribution < -0.4 is 0 Å². The molecule has 72 valence electrons. The van der Waals surface area contributed by atoms with Gasteiger partial charge >= 0.3 is 5.97 Å². The molecule has 0 aliphatic rings. The molecule has 13 heavy (non-hydrogen) atoms. The van der Waals surface area contributed by atoms with Gasteiger partial charge in [-0.3, -0.25) is 4.79 Å². The maximum absolute atomic E-state index is 11.2. The predicted molar refractivity (Wildman–Crippen MR) is 51.5 cm³/mol. The van der Waals surface area contributed by atoms with Gasteiger partial charge in [0.2, 0.25) is 0 Å². The van der Waals surface area contributed by atoms with E-state index in [1.165, 1.54) is 0 Å². The Morgan fingerprint density at radius 3 is 3.08 bits per heavy atom. The minimum absolute atomic E-state index is 0.168. The van der Waals surface area contributed by atoms with Gasteiger partial charge in [-0.15, -0.1) is 0 Å². The van der Waals surface area contributed by atoms with Gasteiger partial charge in [0.25, 0.3) is 0 Å². The summed E-state index contributed by atoms with van der Waals surface area (Å²) < 4.78 is 9.96. The molecule has 1 aromatic rings. The van der Waals surface area contributed by atoms with Gasteiger partial charge < -0.3 is 9.15 Å². The number of carbonyl (C=O) groups is 1. The topological polar surface area (TPSA) is 39.4 Å². The molecule has 0 N–H and O–H groups in total. The summed E-state index contributed by atoms with van der Waals surface area (Å²) in [5.41, 5.74) is 0.